The fourth-order valence-corrected chi connectivity index (χ4v) is 5.61. The summed E-state index contributed by atoms with van der Waals surface area (Å²) in [5.74, 6) is -2.17. The minimum absolute atomic E-state index is 0.101. The smallest absolute Gasteiger partial charge is 0.246 e. The topological polar surface area (TPSA) is 57.6 Å². The van der Waals surface area contributed by atoms with Crippen LogP contribution < -0.4 is 0 Å². The molecule has 1 N–H and O–H groups in total. The zero-order chi connectivity index (χ0) is 15.8. The molecule has 0 spiro atoms. The van der Waals surface area contributed by atoms with Crippen LogP contribution in [0, 0.1) is 11.6 Å². The minimum atomic E-state index is -4.04. The van der Waals surface area contributed by atoms with Gasteiger partial charge >= 0.3 is 0 Å². The first kappa shape index (κ1) is 16.7. The van der Waals surface area contributed by atoms with Crippen molar-refractivity contribution >= 4 is 21.8 Å². The first-order valence-corrected chi connectivity index (χ1v) is 8.89. The zero-order valence-electron chi connectivity index (χ0n) is 11.7. The molecule has 1 heterocycles. The molecule has 2 atom stereocenters. The number of nitrogens with zero attached hydrogens (tertiary/aromatic N) is 1. The van der Waals surface area contributed by atoms with E-state index in [-0.39, 0.29) is 23.6 Å². The molecule has 1 aliphatic rings. The number of thioether (sulfide) groups is 1. The Morgan fingerprint density at radius 3 is 2.38 bits per heavy atom. The van der Waals surface area contributed by atoms with Crippen molar-refractivity contribution in [2.24, 2.45) is 0 Å². The fraction of sp³-hybridized carbons (Fsp3) is 0.538. The molecule has 1 saturated heterocycles. The third-order valence-corrected chi connectivity index (χ3v) is 6.39. The highest BCUT2D eigenvalue weighted by atomic mass is 32.2. The Kier molecular flexibility index (Phi) is 4.92. The van der Waals surface area contributed by atoms with E-state index in [4.69, 9.17) is 5.11 Å². The number of benzene rings is 1. The van der Waals surface area contributed by atoms with Gasteiger partial charge in [-0.05, 0) is 12.1 Å². The van der Waals surface area contributed by atoms with Crippen LogP contribution in [0.4, 0.5) is 8.78 Å². The van der Waals surface area contributed by atoms with Gasteiger partial charge in [-0.25, -0.2) is 17.2 Å². The van der Waals surface area contributed by atoms with Gasteiger partial charge in [-0.2, -0.15) is 16.1 Å². The normalized spacial score (nSPS) is 24.2. The van der Waals surface area contributed by atoms with E-state index < -0.39 is 38.7 Å². The molecule has 118 valence electrons. The van der Waals surface area contributed by atoms with Gasteiger partial charge in [0.05, 0.1) is 12.2 Å². The molecule has 21 heavy (non-hydrogen) atoms. The number of halogens is 2. The van der Waals surface area contributed by atoms with Crippen molar-refractivity contribution in [1.82, 2.24) is 4.31 Å². The Labute approximate surface area is 127 Å². The summed E-state index contributed by atoms with van der Waals surface area (Å²) in [6, 6.07) is 1.78. The average molecular weight is 337 g/mol. The first-order valence-electron chi connectivity index (χ1n) is 6.50. The highest BCUT2D eigenvalue weighted by Crippen LogP contribution is 2.30. The van der Waals surface area contributed by atoms with E-state index in [0.717, 1.165) is 12.1 Å². The van der Waals surface area contributed by atoms with Gasteiger partial charge in [-0.1, -0.05) is 13.8 Å². The third-order valence-electron chi connectivity index (χ3n) is 3.31. The van der Waals surface area contributed by atoms with Gasteiger partial charge in [-0.3, -0.25) is 0 Å². The SMILES string of the molecule is CC1CN(S(=O)(=O)c2ccc(F)c(CO)c2F)CC(C)S1. The van der Waals surface area contributed by atoms with Crippen molar-refractivity contribution in [2.75, 3.05) is 13.1 Å². The molecule has 2 rings (SSSR count). The van der Waals surface area contributed by atoms with E-state index in [1.807, 2.05) is 13.8 Å². The Bertz CT molecular complexity index is 627. The molecule has 0 amide bonds. The van der Waals surface area contributed by atoms with Crippen molar-refractivity contribution < 1.29 is 22.3 Å². The summed E-state index contributed by atoms with van der Waals surface area (Å²) >= 11 is 1.67. The van der Waals surface area contributed by atoms with Gasteiger partial charge in [0.2, 0.25) is 10.0 Å². The molecule has 0 bridgehead atoms. The van der Waals surface area contributed by atoms with Gasteiger partial charge in [-0.15, -0.1) is 0 Å². The second-order valence-electron chi connectivity index (χ2n) is 5.08. The molecule has 1 fully saturated rings. The van der Waals surface area contributed by atoms with Crippen LogP contribution in [0.15, 0.2) is 17.0 Å². The lowest BCUT2D eigenvalue weighted by atomic mass is 10.2. The molecule has 1 aliphatic heterocycles. The predicted octanol–water partition coefficient (Wildman–Crippen LogP) is 1.97. The highest BCUT2D eigenvalue weighted by Gasteiger charge is 2.34. The van der Waals surface area contributed by atoms with Gasteiger partial charge in [0.25, 0.3) is 0 Å². The lowest BCUT2D eigenvalue weighted by Gasteiger charge is -2.33. The van der Waals surface area contributed by atoms with Gasteiger partial charge in [0.1, 0.15) is 10.7 Å². The molecule has 8 heteroatoms. The van der Waals surface area contributed by atoms with E-state index in [1.165, 1.54) is 4.31 Å². The van der Waals surface area contributed by atoms with E-state index in [1.54, 1.807) is 11.8 Å². The van der Waals surface area contributed by atoms with Crippen LogP contribution in [0.5, 0.6) is 0 Å². The molecule has 0 saturated carbocycles. The summed E-state index contributed by atoms with van der Waals surface area (Å²) in [4.78, 5) is -0.584. The van der Waals surface area contributed by atoms with Crippen LogP contribution in [0.3, 0.4) is 0 Å². The van der Waals surface area contributed by atoms with Crippen molar-refractivity contribution in [3.05, 3.63) is 29.3 Å². The van der Waals surface area contributed by atoms with Crippen molar-refractivity contribution in [1.29, 1.82) is 0 Å². The molecular formula is C13H17F2NO3S2. The highest BCUT2D eigenvalue weighted by molar-refractivity contribution is 8.00. The molecule has 2 unspecified atom stereocenters. The zero-order valence-corrected chi connectivity index (χ0v) is 13.3. The largest absolute Gasteiger partial charge is 0.391 e. The maximum absolute atomic E-state index is 14.2. The maximum Gasteiger partial charge on any atom is 0.246 e. The quantitative estimate of drug-likeness (QED) is 0.916. The molecule has 0 aliphatic carbocycles. The lowest BCUT2D eigenvalue weighted by Crippen LogP contribution is -2.44. The summed E-state index contributed by atoms with van der Waals surface area (Å²) in [7, 11) is -4.04. The van der Waals surface area contributed by atoms with Crippen molar-refractivity contribution in [3.63, 3.8) is 0 Å². The molecule has 1 aromatic carbocycles. The van der Waals surface area contributed by atoms with Crippen LogP contribution in [-0.4, -0.2) is 41.4 Å². The second kappa shape index (κ2) is 6.20. The average Bonchev–Trinajstić information content (AvgIpc) is 2.37. The summed E-state index contributed by atoms with van der Waals surface area (Å²) in [6.45, 7) is 3.49. The minimum Gasteiger partial charge on any atom is -0.391 e. The van der Waals surface area contributed by atoms with Crippen LogP contribution in [0.1, 0.15) is 19.4 Å². The summed E-state index contributed by atoms with van der Waals surface area (Å²) in [6.07, 6.45) is 0. The summed E-state index contributed by atoms with van der Waals surface area (Å²) in [5, 5.41) is 9.19. The molecule has 1 aromatic rings. The number of aliphatic hydroxyl groups is 1. The van der Waals surface area contributed by atoms with Gasteiger partial charge in [0.15, 0.2) is 5.82 Å². The molecule has 4 nitrogen and oxygen atoms in total. The van der Waals surface area contributed by atoms with E-state index in [9.17, 15) is 17.2 Å². The van der Waals surface area contributed by atoms with Crippen molar-refractivity contribution in [3.8, 4) is 0 Å². The van der Waals surface area contributed by atoms with Crippen LogP contribution in [-0.2, 0) is 16.6 Å². The Morgan fingerprint density at radius 2 is 1.86 bits per heavy atom. The van der Waals surface area contributed by atoms with Crippen LogP contribution in [0.25, 0.3) is 0 Å². The van der Waals surface area contributed by atoms with E-state index in [0.29, 0.717) is 0 Å². The van der Waals surface area contributed by atoms with E-state index in [2.05, 4.69) is 0 Å². The van der Waals surface area contributed by atoms with Crippen molar-refractivity contribution in [2.45, 2.75) is 35.8 Å². The predicted molar refractivity (Wildman–Crippen MR) is 77.6 cm³/mol. The number of sulfonamides is 1. The Morgan fingerprint density at radius 1 is 1.29 bits per heavy atom. The second-order valence-corrected chi connectivity index (χ2v) is 8.86. The Hall–Kier alpha value is -0.700. The lowest BCUT2D eigenvalue weighted by molar-refractivity contribution is 0.267. The molecular weight excluding hydrogens is 320 g/mol. The fourth-order valence-electron chi connectivity index (χ4n) is 2.39. The number of aliphatic hydroxyl groups excluding tert-OH is 1. The monoisotopic (exact) mass is 337 g/mol. The van der Waals surface area contributed by atoms with Gasteiger partial charge in [0, 0.05) is 23.6 Å². The first-order chi connectivity index (χ1) is 9.77. The number of rotatable bonds is 3. The van der Waals surface area contributed by atoms with Crippen LogP contribution in [0.2, 0.25) is 0 Å². The maximum atomic E-state index is 14.2. The molecule has 0 aromatic heterocycles. The number of hydrogen-bond acceptors (Lipinski definition) is 4. The van der Waals surface area contributed by atoms with E-state index >= 15 is 0 Å². The van der Waals surface area contributed by atoms with Crippen LogP contribution >= 0.6 is 11.8 Å². The Balaban J connectivity index is 2.45. The summed E-state index contributed by atoms with van der Waals surface area (Å²) < 4.78 is 53.9. The standard InChI is InChI=1S/C13H17F2NO3S2/c1-8-5-16(6-9(2)20-8)21(18,19)12-4-3-11(14)10(7-17)13(12)15/h3-4,8-9,17H,5-7H2,1-2H3. The molecule has 0 radical (unpaired) electrons. The summed E-state index contributed by atoms with van der Waals surface area (Å²) in [5.41, 5.74) is -0.622. The third kappa shape index (κ3) is 3.23. The number of hydrogen-bond donors (Lipinski definition) is 1. The van der Waals surface area contributed by atoms with Gasteiger partial charge < -0.3 is 5.11 Å².